The second-order valence-electron chi connectivity index (χ2n) is 5.26. The van der Waals surface area contributed by atoms with Gasteiger partial charge in [-0.25, -0.2) is 0 Å². The highest BCUT2D eigenvalue weighted by Crippen LogP contribution is 2.44. The second kappa shape index (κ2) is 4.30. The molecule has 0 radical (unpaired) electrons. The molecule has 19 heavy (non-hydrogen) atoms. The number of carbonyl (C=O) groups excluding carboxylic acids is 1. The van der Waals surface area contributed by atoms with Crippen molar-refractivity contribution >= 4 is 11.6 Å². The molecule has 0 saturated carbocycles. The first-order valence-corrected chi connectivity index (χ1v) is 6.40. The van der Waals surface area contributed by atoms with Crippen molar-refractivity contribution in [2.24, 2.45) is 0 Å². The lowest BCUT2D eigenvalue weighted by atomic mass is 9.97. The fourth-order valence-corrected chi connectivity index (χ4v) is 2.88. The van der Waals surface area contributed by atoms with Crippen LogP contribution < -0.4 is 4.90 Å². The van der Waals surface area contributed by atoms with Gasteiger partial charge in [-0.2, -0.15) is 0 Å². The number of rotatable bonds is 2. The van der Waals surface area contributed by atoms with Crippen LogP contribution in [0, 0.1) is 0 Å². The van der Waals surface area contributed by atoms with Gasteiger partial charge in [-0.15, -0.1) is 0 Å². The summed E-state index contributed by atoms with van der Waals surface area (Å²) in [6.07, 6.45) is 0.338. The Bertz CT molecular complexity index is 483. The van der Waals surface area contributed by atoms with Crippen LogP contribution in [0.15, 0.2) is 30.3 Å². The Morgan fingerprint density at radius 3 is 2.47 bits per heavy atom. The summed E-state index contributed by atoms with van der Waals surface area (Å²) in [5, 5.41) is 9.71. The Kier molecular flexibility index (Phi) is 2.85. The maximum Gasteiger partial charge on any atom is 0.288 e. The van der Waals surface area contributed by atoms with Crippen LogP contribution in [0.4, 0.5) is 5.69 Å². The van der Waals surface area contributed by atoms with Crippen LogP contribution in [0.1, 0.15) is 13.3 Å². The van der Waals surface area contributed by atoms with Crippen LogP contribution in [0.25, 0.3) is 0 Å². The molecule has 1 unspecified atom stereocenters. The third kappa shape index (κ3) is 1.77. The Morgan fingerprint density at radius 2 is 1.89 bits per heavy atom. The van der Waals surface area contributed by atoms with Crippen molar-refractivity contribution in [1.82, 2.24) is 0 Å². The fourth-order valence-electron chi connectivity index (χ4n) is 2.88. The maximum absolute atomic E-state index is 12.7. The van der Waals surface area contributed by atoms with Gasteiger partial charge < -0.3 is 14.6 Å². The van der Waals surface area contributed by atoms with E-state index in [1.54, 1.807) is 4.90 Å². The van der Waals surface area contributed by atoms with E-state index in [1.807, 2.05) is 37.3 Å². The summed E-state index contributed by atoms with van der Waals surface area (Å²) in [4.78, 5) is 14.3. The molecule has 5 heteroatoms. The van der Waals surface area contributed by atoms with Crippen LogP contribution in [0.3, 0.4) is 0 Å². The molecule has 2 aliphatic heterocycles. The zero-order valence-corrected chi connectivity index (χ0v) is 10.8. The van der Waals surface area contributed by atoms with Crippen molar-refractivity contribution in [1.29, 1.82) is 0 Å². The summed E-state index contributed by atoms with van der Waals surface area (Å²) in [5.41, 5.74) is 0.0444. The third-order valence-electron chi connectivity index (χ3n) is 3.79. The third-order valence-corrected chi connectivity index (χ3v) is 3.79. The van der Waals surface area contributed by atoms with Crippen LogP contribution >= 0.6 is 0 Å². The van der Waals surface area contributed by atoms with Crippen LogP contribution in [0.2, 0.25) is 0 Å². The zero-order valence-electron chi connectivity index (χ0n) is 10.8. The molecular weight excluding hydrogens is 246 g/mol. The average molecular weight is 263 g/mol. The molecule has 0 aromatic heterocycles. The molecule has 2 aliphatic rings. The zero-order chi connectivity index (χ0) is 13.5. The number of amides is 1. The van der Waals surface area contributed by atoms with Crippen molar-refractivity contribution in [3.8, 4) is 0 Å². The number of aliphatic hydroxyl groups is 1. The summed E-state index contributed by atoms with van der Waals surface area (Å²) in [5.74, 6) is -1.44. The first-order valence-electron chi connectivity index (χ1n) is 6.40. The largest absolute Gasteiger partial charge is 0.394 e. The van der Waals surface area contributed by atoms with Gasteiger partial charge in [-0.05, 0) is 19.1 Å². The first kappa shape index (κ1) is 12.6. The molecule has 0 aliphatic carbocycles. The van der Waals surface area contributed by atoms with E-state index in [-0.39, 0.29) is 12.5 Å². The standard InChI is InChI=1S/C14H17NO4/c1-13(10-16)9-14(18-7-8-19-14)12(17)15(13)11-5-3-2-4-6-11/h2-6,16H,7-10H2,1H3. The number of aliphatic hydroxyl groups excluding tert-OH is 1. The van der Waals surface area contributed by atoms with E-state index < -0.39 is 11.3 Å². The lowest BCUT2D eigenvalue weighted by Crippen LogP contribution is -2.47. The summed E-state index contributed by atoms with van der Waals surface area (Å²) in [6.45, 7) is 2.53. The number of para-hydroxylation sites is 1. The fraction of sp³-hybridized carbons (Fsp3) is 0.500. The Morgan fingerprint density at radius 1 is 1.26 bits per heavy atom. The van der Waals surface area contributed by atoms with E-state index in [1.165, 1.54) is 0 Å². The summed E-state index contributed by atoms with van der Waals surface area (Å²) in [6, 6.07) is 9.31. The molecule has 1 atom stereocenters. The molecule has 0 bridgehead atoms. The Labute approximate surface area is 111 Å². The van der Waals surface area contributed by atoms with Gasteiger partial charge in [0.2, 0.25) is 0 Å². The molecule has 102 valence electrons. The van der Waals surface area contributed by atoms with Gasteiger partial charge >= 0.3 is 0 Å². The molecule has 1 spiro atoms. The minimum Gasteiger partial charge on any atom is -0.394 e. The number of hydrogen-bond acceptors (Lipinski definition) is 4. The molecule has 3 rings (SSSR count). The predicted molar refractivity (Wildman–Crippen MR) is 68.7 cm³/mol. The van der Waals surface area contributed by atoms with Gasteiger partial charge in [0, 0.05) is 12.1 Å². The van der Waals surface area contributed by atoms with E-state index in [0.29, 0.717) is 19.6 Å². The van der Waals surface area contributed by atoms with Gasteiger partial charge in [-0.1, -0.05) is 18.2 Å². The van der Waals surface area contributed by atoms with Gasteiger partial charge in [-0.3, -0.25) is 9.69 Å². The topological polar surface area (TPSA) is 59.0 Å². The smallest absolute Gasteiger partial charge is 0.288 e. The Hall–Kier alpha value is -1.43. The first-order chi connectivity index (χ1) is 9.11. The highest BCUT2D eigenvalue weighted by atomic mass is 16.7. The Balaban J connectivity index is 2.04. The molecule has 1 aromatic carbocycles. The minimum absolute atomic E-state index is 0.137. The summed E-state index contributed by atoms with van der Waals surface area (Å²) in [7, 11) is 0. The quantitative estimate of drug-likeness (QED) is 0.862. The molecular formula is C14H17NO4. The van der Waals surface area contributed by atoms with Crippen molar-refractivity contribution in [2.45, 2.75) is 24.7 Å². The number of hydrogen-bond donors (Lipinski definition) is 1. The van der Waals surface area contributed by atoms with E-state index in [2.05, 4.69) is 0 Å². The second-order valence-corrected chi connectivity index (χ2v) is 5.26. The highest BCUT2D eigenvalue weighted by Gasteiger charge is 2.61. The minimum atomic E-state index is -1.21. The normalized spacial score (nSPS) is 29.4. The molecule has 2 saturated heterocycles. The monoisotopic (exact) mass is 263 g/mol. The molecule has 1 amide bonds. The van der Waals surface area contributed by atoms with Crippen molar-refractivity contribution in [3.05, 3.63) is 30.3 Å². The SMILES string of the molecule is CC1(CO)CC2(OCCO2)C(=O)N1c1ccccc1. The number of nitrogens with zero attached hydrogens (tertiary/aromatic N) is 1. The van der Waals surface area contributed by atoms with Crippen molar-refractivity contribution in [3.63, 3.8) is 0 Å². The lowest BCUT2D eigenvalue weighted by molar-refractivity contribution is -0.174. The average Bonchev–Trinajstić information content (AvgIpc) is 2.97. The highest BCUT2D eigenvalue weighted by molar-refractivity contribution is 6.02. The number of benzene rings is 1. The molecule has 2 heterocycles. The molecule has 2 fully saturated rings. The molecule has 1 aromatic rings. The van der Waals surface area contributed by atoms with Gasteiger partial charge in [0.1, 0.15) is 0 Å². The number of ether oxygens (including phenoxy) is 2. The summed E-state index contributed by atoms with van der Waals surface area (Å²) < 4.78 is 11.1. The molecule has 1 N–H and O–H groups in total. The number of carbonyl (C=O) groups is 1. The van der Waals surface area contributed by atoms with Crippen molar-refractivity contribution in [2.75, 3.05) is 24.7 Å². The van der Waals surface area contributed by atoms with E-state index in [0.717, 1.165) is 5.69 Å². The van der Waals surface area contributed by atoms with Gasteiger partial charge in [0.05, 0.1) is 25.4 Å². The summed E-state index contributed by atoms with van der Waals surface area (Å²) >= 11 is 0. The van der Waals surface area contributed by atoms with E-state index >= 15 is 0 Å². The van der Waals surface area contributed by atoms with Crippen LogP contribution in [-0.4, -0.2) is 42.2 Å². The van der Waals surface area contributed by atoms with Crippen LogP contribution in [0.5, 0.6) is 0 Å². The predicted octanol–water partition coefficient (Wildman–Crippen LogP) is 0.917. The van der Waals surface area contributed by atoms with E-state index in [9.17, 15) is 9.90 Å². The van der Waals surface area contributed by atoms with Gasteiger partial charge in [0.15, 0.2) is 0 Å². The van der Waals surface area contributed by atoms with Crippen molar-refractivity contribution < 1.29 is 19.4 Å². The van der Waals surface area contributed by atoms with E-state index in [4.69, 9.17) is 9.47 Å². The van der Waals surface area contributed by atoms with Gasteiger partial charge in [0.25, 0.3) is 11.7 Å². The lowest BCUT2D eigenvalue weighted by Gasteiger charge is -2.32. The maximum atomic E-state index is 12.7. The molecule has 5 nitrogen and oxygen atoms in total. The van der Waals surface area contributed by atoms with Crippen LogP contribution in [-0.2, 0) is 14.3 Å². The number of anilines is 1.